The molecule has 2 atom stereocenters. The third-order valence-corrected chi connectivity index (χ3v) is 6.89. The van der Waals surface area contributed by atoms with Crippen molar-refractivity contribution in [1.29, 1.82) is 0 Å². The van der Waals surface area contributed by atoms with Crippen molar-refractivity contribution in [1.82, 2.24) is 25.9 Å². The number of morpholine rings is 1. The van der Waals surface area contributed by atoms with Gasteiger partial charge < -0.3 is 19.4 Å². The second-order valence-corrected chi connectivity index (χ2v) is 9.26. The fourth-order valence-electron chi connectivity index (χ4n) is 4.46. The van der Waals surface area contributed by atoms with Crippen LogP contribution in [0.3, 0.4) is 0 Å². The highest BCUT2D eigenvalue weighted by Gasteiger charge is 2.34. The van der Waals surface area contributed by atoms with Gasteiger partial charge in [0, 0.05) is 49.8 Å². The third-order valence-electron chi connectivity index (χ3n) is 6.36. The van der Waals surface area contributed by atoms with Crippen molar-refractivity contribution in [3.63, 3.8) is 0 Å². The van der Waals surface area contributed by atoms with Crippen molar-refractivity contribution in [2.75, 3.05) is 62.3 Å². The molecule has 3 saturated heterocycles. The molecule has 5 rings (SSSR count). The lowest BCUT2D eigenvalue weighted by molar-refractivity contribution is -0.133. The molecule has 1 amide bonds. The number of halogens is 1. The van der Waals surface area contributed by atoms with Gasteiger partial charge in [-0.2, -0.15) is 0 Å². The van der Waals surface area contributed by atoms with E-state index >= 15 is 0 Å². The van der Waals surface area contributed by atoms with Gasteiger partial charge in [0.1, 0.15) is 6.04 Å². The van der Waals surface area contributed by atoms with Gasteiger partial charge in [-0.25, -0.2) is 10.9 Å². The number of aromatic nitrogens is 2. The van der Waals surface area contributed by atoms with Crippen molar-refractivity contribution < 1.29 is 9.53 Å². The Morgan fingerprint density at radius 1 is 0.875 bits per heavy atom. The Morgan fingerprint density at radius 2 is 1.50 bits per heavy atom. The lowest BCUT2D eigenvalue weighted by Crippen LogP contribution is -2.53. The molecule has 2 unspecified atom stereocenters. The van der Waals surface area contributed by atoms with Crippen LogP contribution in [-0.4, -0.2) is 79.5 Å². The van der Waals surface area contributed by atoms with E-state index in [1.807, 2.05) is 29.2 Å². The molecule has 1 aromatic heterocycles. The van der Waals surface area contributed by atoms with Gasteiger partial charge in [-0.1, -0.05) is 28.1 Å². The molecule has 0 bridgehead atoms. The van der Waals surface area contributed by atoms with E-state index in [1.54, 1.807) is 0 Å². The number of carbonyl (C=O) groups excluding carboxylic acids is 1. The molecule has 32 heavy (non-hydrogen) atoms. The maximum absolute atomic E-state index is 13.0. The number of benzene rings is 1. The van der Waals surface area contributed by atoms with E-state index < -0.39 is 0 Å². The highest BCUT2D eigenvalue weighted by atomic mass is 79.9. The fourth-order valence-corrected chi connectivity index (χ4v) is 4.72. The summed E-state index contributed by atoms with van der Waals surface area (Å²) in [5, 5.41) is 8.85. The number of carbonyl (C=O) groups is 1. The second-order valence-electron chi connectivity index (χ2n) is 8.34. The quantitative estimate of drug-likeness (QED) is 0.648. The Hall–Kier alpha value is -2.27. The SMILES string of the molecule is O=C(C1CC(c2ccc(Br)cc2)NN1)N1CCN(c2ccc(N3CCOCC3)nn2)CC1. The molecular formula is C22H28BrN7O2. The molecule has 0 spiro atoms. The van der Waals surface area contributed by atoms with Gasteiger partial charge in [0.15, 0.2) is 11.6 Å². The summed E-state index contributed by atoms with van der Waals surface area (Å²) in [5.41, 5.74) is 7.65. The highest BCUT2D eigenvalue weighted by molar-refractivity contribution is 9.10. The van der Waals surface area contributed by atoms with E-state index in [-0.39, 0.29) is 18.0 Å². The Bertz CT molecular complexity index is 913. The largest absolute Gasteiger partial charge is 0.378 e. The molecule has 0 aliphatic carbocycles. The van der Waals surface area contributed by atoms with Crippen LogP contribution in [0.1, 0.15) is 18.0 Å². The molecule has 1 aromatic carbocycles. The first-order chi connectivity index (χ1) is 15.7. The van der Waals surface area contributed by atoms with Crippen molar-refractivity contribution in [3.05, 3.63) is 46.4 Å². The first kappa shape index (κ1) is 21.6. The molecule has 3 aliphatic heterocycles. The van der Waals surface area contributed by atoms with Gasteiger partial charge in [-0.15, -0.1) is 10.2 Å². The third kappa shape index (κ3) is 4.73. The molecule has 4 heterocycles. The van der Waals surface area contributed by atoms with E-state index in [4.69, 9.17) is 4.74 Å². The molecule has 2 N–H and O–H groups in total. The Morgan fingerprint density at radius 3 is 2.12 bits per heavy atom. The van der Waals surface area contributed by atoms with Crippen molar-refractivity contribution >= 4 is 33.5 Å². The average Bonchev–Trinajstić information content (AvgIpc) is 3.35. The van der Waals surface area contributed by atoms with Gasteiger partial charge in [-0.3, -0.25) is 4.79 Å². The Labute approximate surface area is 196 Å². The first-order valence-electron chi connectivity index (χ1n) is 11.1. The number of nitrogens with one attached hydrogen (secondary N) is 2. The number of hydrazine groups is 1. The predicted molar refractivity (Wildman–Crippen MR) is 125 cm³/mol. The van der Waals surface area contributed by atoms with Gasteiger partial charge in [0.25, 0.3) is 0 Å². The minimum Gasteiger partial charge on any atom is -0.378 e. The molecule has 0 saturated carbocycles. The summed E-state index contributed by atoms with van der Waals surface area (Å²) < 4.78 is 6.45. The van der Waals surface area contributed by atoms with Crippen molar-refractivity contribution in [2.24, 2.45) is 0 Å². The van der Waals surface area contributed by atoms with E-state index in [2.05, 4.69) is 58.9 Å². The van der Waals surface area contributed by atoms with Crippen LogP contribution in [-0.2, 0) is 9.53 Å². The number of amides is 1. The number of anilines is 2. The number of piperazine rings is 1. The Kier molecular flexibility index (Phi) is 6.54. The van der Waals surface area contributed by atoms with E-state index in [9.17, 15) is 4.79 Å². The van der Waals surface area contributed by atoms with Crippen LogP contribution in [0.5, 0.6) is 0 Å². The Balaban J connectivity index is 1.13. The number of hydrogen-bond acceptors (Lipinski definition) is 8. The topological polar surface area (TPSA) is 85.9 Å². The number of hydrogen-bond donors (Lipinski definition) is 2. The van der Waals surface area contributed by atoms with Crippen LogP contribution < -0.4 is 20.7 Å². The van der Waals surface area contributed by atoms with Crippen LogP contribution in [0.15, 0.2) is 40.9 Å². The summed E-state index contributed by atoms with van der Waals surface area (Å²) in [6.45, 7) is 6.05. The lowest BCUT2D eigenvalue weighted by Gasteiger charge is -2.36. The van der Waals surface area contributed by atoms with E-state index in [0.717, 1.165) is 61.9 Å². The van der Waals surface area contributed by atoms with Crippen LogP contribution in [0.4, 0.5) is 11.6 Å². The average molecular weight is 502 g/mol. The predicted octanol–water partition coefficient (Wildman–Crippen LogP) is 1.33. The van der Waals surface area contributed by atoms with Gasteiger partial charge in [0.2, 0.25) is 5.91 Å². The summed E-state index contributed by atoms with van der Waals surface area (Å²) >= 11 is 3.47. The zero-order valence-corrected chi connectivity index (χ0v) is 19.5. The van der Waals surface area contributed by atoms with Crippen molar-refractivity contribution in [3.8, 4) is 0 Å². The highest BCUT2D eigenvalue weighted by Crippen LogP contribution is 2.25. The smallest absolute Gasteiger partial charge is 0.241 e. The molecule has 3 aliphatic rings. The van der Waals surface area contributed by atoms with Gasteiger partial charge in [0.05, 0.1) is 13.2 Å². The maximum atomic E-state index is 13.0. The summed E-state index contributed by atoms with van der Waals surface area (Å²) in [4.78, 5) is 19.4. The van der Waals surface area contributed by atoms with Gasteiger partial charge in [-0.05, 0) is 36.2 Å². The van der Waals surface area contributed by atoms with Crippen molar-refractivity contribution in [2.45, 2.75) is 18.5 Å². The van der Waals surface area contributed by atoms with Crippen LogP contribution in [0.2, 0.25) is 0 Å². The van der Waals surface area contributed by atoms with E-state index in [0.29, 0.717) is 13.1 Å². The molecule has 9 nitrogen and oxygen atoms in total. The zero-order chi connectivity index (χ0) is 21.9. The molecular weight excluding hydrogens is 474 g/mol. The number of rotatable bonds is 4. The molecule has 3 fully saturated rings. The maximum Gasteiger partial charge on any atom is 0.241 e. The minimum absolute atomic E-state index is 0.138. The van der Waals surface area contributed by atoms with Crippen LogP contribution in [0, 0.1) is 0 Å². The number of nitrogens with zero attached hydrogens (tertiary/aromatic N) is 5. The zero-order valence-electron chi connectivity index (χ0n) is 17.9. The normalized spacial score (nSPS) is 24.1. The summed E-state index contributed by atoms with van der Waals surface area (Å²) in [7, 11) is 0. The van der Waals surface area contributed by atoms with Gasteiger partial charge >= 0.3 is 0 Å². The molecule has 170 valence electrons. The van der Waals surface area contributed by atoms with E-state index in [1.165, 1.54) is 5.56 Å². The monoisotopic (exact) mass is 501 g/mol. The fraction of sp³-hybridized carbons (Fsp3) is 0.500. The summed E-state index contributed by atoms with van der Waals surface area (Å²) in [5.74, 6) is 1.92. The lowest BCUT2D eigenvalue weighted by atomic mass is 10.0. The molecule has 0 radical (unpaired) electrons. The first-order valence-corrected chi connectivity index (χ1v) is 11.9. The standard InChI is InChI=1S/C22H28BrN7O2/c23-17-3-1-16(2-4-17)18-15-19(25-24-18)22(31)30-9-7-28(8-10-30)20-5-6-21(27-26-20)29-11-13-32-14-12-29/h1-6,18-19,24-25H,7-15H2. The minimum atomic E-state index is -0.206. The number of ether oxygens (including phenoxy) is 1. The summed E-state index contributed by atoms with van der Waals surface area (Å²) in [6, 6.07) is 12.2. The molecule has 2 aromatic rings. The molecule has 10 heteroatoms. The second kappa shape index (κ2) is 9.70. The van der Waals surface area contributed by atoms with Crippen LogP contribution >= 0.6 is 15.9 Å². The summed E-state index contributed by atoms with van der Waals surface area (Å²) in [6.07, 6.45) is 0.745. The van der Waals surface area contributed by atoms with Crippen LogP contribution in [0.25, 0.3) is 0 Å².